The summed E-state index contributed by atoms with van der Waals surface area (Å²) in [7, 11) is -4.16. The van der Waals surface area contributed by atoms with Gasteiger partial charge in [0.05, 0.1) is 11.5 Å². The number of para-hydroxylation sites is 1. The maximum atomic E-state index is 11.9. The predicted octanol–water partition coefficient (Wildman–Crippen LogP) is -0.0592. The van der Waals surface area contributed by atoms with E-state index in [9.17, 15) is 23.3 Å². The molecule has 0 aliphatic carbocycles. The van der Waals surface area contributed by atoms with Crippen molar-refractivity contribution < 1.29 is 22.9 Å². The number of nitrogens with one attached hydrogen (secondary N) is 2. The summed E-state index contributed by atoms with van der Waals surface area (Å²) in [6, 6.07) is 4.86. The van der Waals surface area contributed by atoms with E-state index >= 15 is 0 Å². The standard InChI is InChI=1S/C10H13N3O6S/c1-2-19-10(14)7-11-12-20(17,18)9-6-4-3-5-8(9)13(15)16/h3-6,11-12H,2,7H2,1H3. The summed E-state index contributed by atoms with van der Waals surface area (Å²) in [5, 5.41) is 10.8. The lowest BCUT2D eigenvalue weighted by molar-refractivity contribution is -0.387. The summed E-state index contributed by atoms with van der Waals surface area (Å²) in [6.07, 6.45) is 0. The predicted molar refractivity (Wildman–Crippen MR) is 68.1 cm³/mol. The molecule has 0 fully saturated rings. The number of hydrogen-bond acceptors (Lipinski definition) is 7. The number of benzene rings is 1. The van der Waals surface area contributed by atoms with Crippen molar-refractivity contribution in [3.05, 3.63) is 34.4 Å². The van der Waals surface area contributed by atoms with Gasteiger partial charge in [0.1, 0.15) is 6.54 Å². The first-order valence-corrected chi connectivity index (χ1v) is 7.00. The Hall–Kier alpha value is -2.04. The van der Waals surface area contributed by atoms with Gasteiger partial charge in [0.25, 0.3) is 15.7 Å². The number of ether oxygens (including phenoxy) is 1. The SMILES string of the molecule is CCOC(=O)CNNS(=O)(=O)c1ccccc1[N+](=O)[O-]. The molecule has 0 bridgehead atoms. The molecule has 0 amide bonds. The van der Waals surface area contributed by atoms with E-state index in [1.54, 1.807) is 6.92 Å². The number of carbonyl (C=O) groups is 1. The molecule has 0 spiro atoms. The van der Waals surface area contributed by atoms with Crippen molar-refractivity contribution in [3.63, 3.8) is 0 Å². The zero-order valence-electron chi connectivity index (χ0n) is 10.5. The van der Waals surface area contributed by atoms with Gasteiger partial charge in [0.15, 0.2) is 4.90 Å². The van der Waals surface area contributed by atoms with Crippen LogP contribution in [-0.4, -0.2) is 32.5 Å². The summed E-state index contributed by atoms with van der Waals surface area (Å²) in [4.78, 5) is 22.3. The molecule has 0 aliphatic heterocycles. The second-order valence-electron chi connectivity index (χ2n) is 3.49. The van der Waals surface area contributed by atoms with Gasteiger partial charge >= 0.3 is 5.97 Å². The van der Waals surface area contributed by atoms with E-state index in [1.807, 2.05) is 4.83 Å². The summed E-state index contributed by atoms with van der Waals surface area (Å²) in [6.45, 7) is 1.38. The molecule has 0 radical (unpaired) electrons. The lowest BCUT2D eigenvalue weighted by atomic mass is 10.3. The van der Waals surface area contributed by atoms with Crippen LogP contribution in [-0.2, 0) is 19.6 Å². The van der Waals surface area contributed by atoms with Gasteiger partial charge in [-0.15, -0.1) is 4.83 Å². The molecule has 1 aromatic carbocycles. The summed E-state index contributed by atoms with van der Waals surface area (Å²) in [5.74, 6) is -0.655. The van der Waals surface area contributed by atoms with Gasteiger partial charge in [-0.2, -0.15) is 0 Å². The molecule has 0 heterocycles. The number of sulfonamides is 1. The van der Waals surface area contributed by atoms with Crippen LogP contribution in [0.15, 0.2) is 29.2 Å². The molecular formula is C10H13N3O6S. The fourth-order valence-electron chi connectivity index (χ4n) is 1.31. The highest BCUT2D eigenvalue weighted by Crippen LogP contribution is 2.22. The summed E-state index contributed by atoms with van der Waals surface area (Å²) >= 11 is 0. The van der Waals surface area contributed by atoms with Gasteiger partial charge in [-0.1, -0.05) is 12.1 Å². The zero-order valence-corrected chi connectivity index (χ0v) is 11.3. The fraction of sp³-hybridized carbons (Fsp3) is 0.300. The number of esters is 1. The Labute approximate surface area is 115 Å². The largest absolute Gasteiger partial charge is 0.465 e. The number of nitro groups is 1. The van der Waals surface area contributed by atoms with Gasteiger partial charge in [0, 0.05) is 6.07 Å². The monoisotopic (exact) mass is 303 g/mol. The number of nitrogens with zero attached hydrogens (tertiary/aromatic N) is 1. The highest BCUT2D eigenvalue weighted by atomic mass is 32.2. The van der Waals surface area contributed by atoms with Gasteiger partial charge in [-0.25, -0.2) is 13.8 Å². The number of hydrazine groups is 1. The van der Waals surface area contributed by atoms with Crippen LogP contribution in [0.4, 0.5) is 5.69 Å². The van der Waals surface area contributed by atoms with E-state index in [0.717, 1.165) is 12.1 Å². The Balaban J connectivity index is 2.80. The Morgan fingerprint density at radius 3 is 2.65 bits per heavy atom. The first-order chi connectivity index (χ1) is 9.38. The molecule has 0 aliphatic rings. The van der Waals surface area contributed by atoms with E-state index < -0.39 is 38.0 Å². The number of rotatable bonds is 7. The Bertz CT molecular complexity index is 601. The quantitative estimate of drug-likeness (QED) is 0.410. The van der Waals surface area contributed by atoms with Crippen molar-refractivity contribution in [2.75, 3.05) is 13.2 Å². The average Bonchev–Trinajstić information content (AvgIpc) is 2.38. The molecule has 110 valence electrons. The molecule has 0 atom stereocenters. The van der Waals surface area contributed by atoms with Crippen molar-refractivity contribution in [3.8, 4) is 0 Å². The Morgan fingerprint density at radius 2 is 2.05 bits per heavy atom. The third-order valence-corrected chi connectivity index (χ3v) is 3.43. The van der Waals surface area contributed by atoms with Crippen LogP contribution in [0.2, 0.25) is 0 Å². The van der Waals surface area contributed by atoms with Crippen LogP contribution >= 0.6 is 0 Å². The topological polar surface area (TPSA) is 128 Å². The highest BCUT2D eigenvalue weighted by Gasteiger charge is 2.24. The molecule has 2 N–H and O–H groups in total. The minimum atomic E-state index is -4.16. The number of carbonyl (C=O) groups excluding carboxylic acids is 1. The molecular weight excluding hydrogens is 290 g/mol. The van der Waals surface area contributed by atoms with E-state index in [-0.39, 0.29) is 6.61 Å². The van der Waals surface area contributed by atoms with Crippen LogP contribution in [0.5, 0.6) is 0 Å². The van der Waals surface area contributed by atoms with Crippen LogP contribution < -0.4 is 10.3 Å². The van der Waals surface area contributed by atoms with Crippen LogP contribution in [0.1, 0.15) is 6.92 Å². The zero-order chi connectivity index (χ0) is 15.2. The summed E-state index contributed by atoms with van der Waals surface area (Å²) < 4.78 is 28.3. The lowest BCUT2D eigenvalue weighted by Crippen LogP contribution is -2.41. The van der Waals surface area contributed by atoms with Crippen molar-refractivity contribution in [2.24, 2.45) is 0 Å². The Morgan fingerprint density at radius 1 is 1.40 bits per heavy atom. The molecule has 1 rings (SSSR count). The molecule has 0 unspecified atom stereocenters. The fourth-order valence-corrected chi connectivity index (χ4v) is 2.35. The molecule has 20 heavy (non-hydrogen) atoms. The molecule has 1 aromatic rings. The minimum Gasteiger partial charge on any atom is -0.465 e. The first-order valence-electron chi connectivity index (χ1n) is 5.52. The van der Waals surface area contributed by atoms with Crippen LogP contribution in [0.25, 0.3) is 0 Å². The van der Waals surface area contributed by atoms with Gasteiger partial charge in [-0.05, 0) is 13.0 Å². The van der Waals surface area contributed by atoms with Crippen LogP contribution in [0, 0.1) is 10.1 Å². The Kier molecular flexibility index (Phi) is 5.55. The normalized spacial score (nSPS) is 11.1. The van der Waals surface area contributed by atoms with E-state index in [1.165, 1.54) is 12.1 Å². The highest BCUT2D eigenvalue weighted by molar-refractivity contribution is 7.89. The van der Waals surface area contributed by atoms with Gasteiger partial charge in [0.2, 0.25) is 0 Å². The molecule has 9 nitrogen and oxygen atoms in total. The van der Waals surface area contributed by atoms with E-state index in [0.29, 0.717) is 0 Å². The van der Waals surface area contributed by atoms with E-state index in [2.05, 4.69) is 10.2 Å². The summed E-state index contributed by atoms with van der Waals surface area (Å²) in [5.41, 5.74) is 1.58. The van der Waals surface area contributed by atoms with Crippen molar-refractivity contribution in [1.82, 2.24) is 10.3 Å². The van der Waals surface area contributed by atoms with Crippen LogP contribution in [0.3, 0.4) is 0 Å². The maximum Gasteiger partial charge on any atom is 0.321 e. The third kappa shape index (κ3) is 4.26. The third-order valence-electron chi connectivity index (χ3n) is 2.10. The number of nitro benzene ring substituents is 1. The first kappa shape index (κ1) is 16.0. The molecule has 0 saturated heterocycles. The van der Waals surface area contributed by atoms with Gasteiger partial charge in [-0.3, -0.25) is 14.9 Å². The lowest BCUT2D eigenvalue weighted by Gasteiger charge is -2.08. The van der Waals surface area contributed by atoms with Crippen molar-refractivity contribution in [1.29, 1.82) is 0 Å². The van der Waals surface area contributed by atoms with Gasteiger partial charge < -0.3 is 4.74 Å². The average molecular weight is 303 g/mol. The minimum absolute atomic E-state index is 0.164. The molecule has 0 aromatic heterocycles. The maximum absolute atomic E-state index is 11.9. The van der Waals surface area contributed by atoms with Crippen molar-refractivity contribution in [2.45, 2.75) is 11.8 Å². The molecule has 0 saturated carbocycles. The smallest absolute Gasteiger partial charge is 0.321 e. The van der Waals surface area contributed by atoms with E-state index in [4.69, 9.17) is 0 Å². The molecule has 10 heteroatoms. The van der Waals surface area contributed by atoms with Crippen molar-refractivity contribution >= 4 is 21.7 Å². The number of hydrogen-bond donors (Lipinski definition) is 2. The second kappa shape index (κ2) is 6.93. The second-order valence-corrected chi connectivity index (χ2v) is 5.14.